The molecule has 0 aliphatic carbocycles. The van der Waals surface area contributed by atoms with E-state index in [-0.39, 0.29) is 0 Å². The lowest BCUT2D eigenvalue weighted by atomic mass is 10.0. The second-order valence-corrected chi connectivity index (χ2v) is 3.00. The lowest BCUT2D eigenvalue weighted by Gasteiger charge is -2.05. The molecule has 0 N–H and O–H groups in total. The monoisotopic (exact) mass is 154 g/mol. The molecule has 0 fully saturated rings. The highest BCUT2D eigenvalue weighted by atomic mass is 16.1. The fourth-order valence-corrected chi connectivity index (χ4v) is 1.04. The summed E-state index contributed by atoms with van der Waals surface area (Å²) in [6.07, 6.45) is 9.38. The van der Waals surface area contributed by atoms with Crippen LogP contribution in [0.1, 0.15) is 39.5 Å². The zero-order valence-corrected chi connectivity index (χ0v) is 7.55. The van der Waals surface area contributed by atoms with Crippen LogP contribution >= 0.6 is 0 Å². The minimum Gasteiger partial charge on any atom is -0.303 e. The predicted octanol–water partition coefficient (Wildman–Crippen LogP) is 2.96. The van der Waals surface area contributed by atoms with E-state index in [1.165, 1.54) is 6.42 Å². The number of allylic oxidation sites excluding steroid dienone is 2. The Kier molecular flexibility index (Phi) is 7.11. The maximum Gasteiger partial charge on any atom is 0.120 e. The van der Waals surface area contributed by atoms with Gasteiger partial charge in [0.15, 0.2) is 0 Å². The Morgan fingerprint density at radius 3 is 2.45 bits per heavy atom. The smallest absolute Gasteiger partial charge is 0.120 e. The zero-order chi connectivity index (χ0) is 8.53. The average Bonchev–Trinajstić information content (AvgIpc) is 2.01. The molecule has 0 heterocycles. The Balaban J connectivity index is 3.21. The molecule has 64 valence electrons. The van der Waals surface area contributed by atoms with E-state index < -0.39 is 0 Å². The van der Waals surface area contributed by atoms with Crippen LogP contribution < -0.4 is 0 Å². The number of carbonyl (C=O) groups is 1. The molecule has 0 aromatic heterocycles. The second kappa shape index (κ2) is 7.52. The van der Waals surface area contributed by atoms with Crippen LogP contribution in [0.25, 0.3) is 0 Å². The van der Waals surface area contributed by atoms with Crippen molar-refractivity contribution in [1.29, 1.82) is 0 Å². The Labute approximate surface area is 69.5 Å². The molecule has 0 saturated heterocycles. The first-order valence-electron chi connectivity index (χ1n) is 4.36. The molecule has 1 nitrogen and oxygen atoms in total. The van der Waals surface area contributed by atoms with Crippen LogP contribution in [0.15, 0.2) is 12.2 Å². The van der Waals surface area contributed by atoms with Crippen LogP contribution in [0.5, 0.6) is 0 Å². The lowest BCUT2D eigenvalue weighted by Crippen LogP contribution is -1.93. The Morgan fingerprint density at radius 1 is 1.27 bits per heavy atom. The Morgan fingerprint density at radius 2 is 1.91 bits per heavy atom. The maximum atomic E-state index is 10.0. The van der Waals surface area contributed by atoms with Gasteiger partial charge in [0.05, 0.1) is 0 Å². The van der Waals surface area contributed by atoms with E-state index in [1.807, 2.05) is 6.92 Å². The standard InChI is InChI=1S/C10H18O/c1-3-4-5-7-10(2)8-6-9-11/h3-4,9-10H,5-8H2,1-2H3. The molecule has 0 radical (unpaired) electrons. The summed E-state index contributed by atoms with van der Waals surface area (Å²) in [5, 5.41) is 0. The Bertz CT molecular complexity index is 116. The summed E-state index contributed by atoms with van der Waals surface area (Å²) in [6, 6.07) is 0. The molecular weight excluding hydrogens is 136 g/mol. The van der Waals surface area contributed by atoms with Crippen molar-refractivity contribution in [2.45, 2.75) is 39.5 Å². The van der Waals surface area contributed by atoms with Crippen molar-refractivity contribution >= 4 is 6.29 Å². The van der Waals surface area contributed by atoms with Gasteiger partial charge in [-0.15, -0.1) is 0 Å². The molecule has 0 rings (SSSR count). The van der Waals surface area contributed by atoms with Gasteiger partial charge in [-0.2, -0.15) is 0 Å². The highest BCUT2D eigenvalue weighted by molar-refractivity contribution is 5.49. The van der Waals surface area contributed by atoms with Gasteiger partial charge >= 0.3 is 0 Å². The molecule has 0 aliphatic rings. The van der Waals surface area contributed by atoms with Crippen LogP contribution in [0, 0.1) is 5.92 Å². The summed E-state index contributed by atoms with van der Waals surface area (Å²) in [7, 11) is 0. The third kappa shape index (κ3) is 7.31. The number of carbonyl (C=O) groups excluding carboxylic acids is 1. The zero-order valence-electron chi connectivity index (χ0n) is 7.55. The van der Waals surface area contributed by atoms with E-state index >= 15 is 0 Å². The van der Waals surface area contributed by atoms with Crippen molar-refractivity contribution in [2.75, 3.05) is 0 Å². The van der Waals surface area contributed by atoms with E-state index in [2.05, 4.69) is 19.1 Å². The lowest BCUT2D eigenvalue weighted by molar-refractivity contribution is -0.108. The van der Waals surface area contributed by atoms with Crippen LogP contribution in [0.2, 0.25) is 0 Å². The first-order valence-corrected chi connectivity index (χ1v) is 4.36. The molecular formula is C10H18O. The van der Waals surface area contributed by atoms with E-state index in [0.29, 0.717) is 5.92 Å². The molecule has 11 heavy (non-hydrogen) atoms. The first-order chi connectivity index (χ1) is 5.31. The molecule has 0 aromatic carbocycles. The quantitative estimate of drug-likeness (QED) is 0.424. The molecule has 1 heteroatoms. The molecule has 0 bridgehead atoms. The van der Waals surface area contributed by atoms with Crippen molar-refractivity contribution in [3.05, 3.63) is 12.2 Å². The third-order valence-electron chi connectivity index (χ3n) is 1.84. The largest absolute Gasteiger partial charge is 0.303 e. The molecule has 0 aliphatic heterocycles. The summed E-state index contributed by atoms with van der Waals surface area (Å²) in [6.45, 7) is 4.24. The Hall–Kier alpha value is -0.590. The highest BCUT2D eigenvalue weighted by Crippen LogP contribution is 2.11. The van der Waals surface area contributed by atoms with Gasteiger partial charge < -0.3 is 4.79 Å². The van der Waals surface area contributed by atoms with Crippen LogP contribution in [0.3, 0.4) is 0 Å². The summed E-state index contributed by atoms with van der Waals surface area (Å²) in [5.74, 6) is 0.691. The summed E-state index contributed by atoms with van der Waals surface area (Å²) in [4.78, 5) is 10.0. The molecule has 0 saturated carbocycles. The van der Waals surface area contributed by atoms with Crippen molar-refractivity contribution in [2.24, 2.45) is 5.92 Å². The van der Waals surface area contributed by atoms with Gasteiger partial charge in [-0.3, -0.25) is 0 Å². The van der Waals surface area contributed by atoms with Crippen molar-refractivity contribution in [3.8, 4) is 0 Å². The van der Waals surface area contributed by atoms with Crippen LogP contribution in [0.4, 0.5) is 0 Å². The van der Waals surface area contributed by atoms with Gasteiger partial charge in [0.2, 0.25) is 0 Å². The maximum absolute atomic E-state index is 10.0. The van der Waals surface area contributed by atoms with E-state index in [1.54, 1.807) is 0 Å². The second-order valence-electron chi connectivity index (χ2n) is 3.00. The topological polar surface area (TPSA) is 17.1 Å². The fraction of sp³-hybridized carbons (Fsp3) is 0.700. The normalized spacial score (nSPS) is 13.6. The molecule has 0 amide bonds. The number of rotatable bonds is 6. The van der Waals surface area contributed by atoms with Gasteiger partial charge in [-0.25, -0.2) is 0 Å². The van der Waals surface area contributed by atoms with Gasteiger partial charge in [0, 0.05) is 6.42 Å². The summed E-state index contributed by atoms with van der Waals surface area (Å²) >= 11 is 0. The van der Waals surface area contributed by atoms with Gasteiger partial charge in [0.25, 0.3) is 0 Å². The predicted molar refractivity (Wildman–Crippen MR) is 48.5 cm³/mol. The van der Waals surface area contributed by atoms with E-state index in [4.69, 9.17) is 0 Å². The molecule has 0 aromatic rings. The minimum atomic E-state index is 0.691. The average molecular weight is 154 g/mol. The third-order valence-corrected chi connectivity index (χ3v) is 1.84. The van der Waals surface area contributed by atoms with Crippen LogP contribution in [-0.4, -0.2) is 6.29 Å². The summed E-state index contributed by atoms with van der Waals surface area (Å²) in [5.41, 5.74) is 0. The van der Waals surface area contributed by atoms with E-state index in [0.717, 1.165) is 25.5 Å². The SMILES string of the molecule is CC=CCCC(C)CCC=O. The minimum absolute atomic E-state index is 0.691. The van der Waals surface area contributed by atoms with Crippen molar-refractivity contribution < 1.29 is 4.79 Å². The van der Waals surface area contributed by atoms with E-state index in [9.17, 15) is 4.79 Å². The summed E-state index contributed by atoms with van der Waals surface area (Å²) < 4.78 is 0. The highest BCUT2D eigenvalue weighted by Gasteiger charge is 1.98. The molecule has 0 spiro atoms. The number of hydrogen-bond donors (Lipinski definition) is 0. The molecule has 1 unspecified atom stereocenters. The number of aldehydes is 1. The van der Waals surface area contributed by atoms with Crippen molar-refractivity contribution in [3.63, 3.8) is 0 Å². The van der Waals surface area contributed by atoms with Gasteiger partial charge in [-0.1, -0.05) is 19.1 Å². The van der Waals surface area contributed by atoms with Gasteiger partial charge in [0.1, 0.15) is 6.29 Å². The van der Waals surface area contributed by atoms with Gasteiger partial charge in [-0.05, 0) is 32.1 Å². The first kappa shape index (κ1) is 10.4. The van der Waals surface area contributed by atoms with Crippen molar-refractivity contribution in [1.82, 2.24) is 0 Å². The van der Waals surface area contributed by atoms with Crippen LogP contribution in [-0.2, 0) is 4.79 Å². The molecule has 1 atom stereocenters. The number of hydrogen-bond acceptors (Lipinski definition) is 1. The fourth-order valence-electron chi connectivity index (χ4n) is 1.04.